The van der Waals surface area contributed by atoms with Gasteiger partial charge in [0.1, 0.15) is 12.1 Å². The van der Waals surface area contributed by atoms with Gasteiger partial charge in [0.05, 0.1) is 12.6 Å². The van der Waals surface area contributed by atoms with E-state index < -0.39 is 12.1 Å². The number of hydrogen-bond acceptors (Lipinski definition) is 3. The van der Waals surface area contributed by atoms with Gasteiger partial charge in [-0.1, -0.05) is 20.8 Å². The molecule has 0 aromatic rings. The average molecular weight is 256 g/mol. The molecular weight excluding hydrogens is 232 g/mol. The van der Waals surface area contributed by atoms with Crippen molar-refractivity contribution in [3.05, 3.63) is 0 Å². The van der Waals surface area contributed by atoms with Crippen LogP contribution in [0.4, 0.5) is 0 Å². The monoisotopic (exact) mass is 256 g/mol. The highest BCUT2D eigenvalue weighted by atomic mass is 16.5. The summed E-state index contributed by atoms with van der Waals surface area (Å²) in [6.45, 7) is 9.93. The van der Waals surface area contributed by atoms with Gasteiger partial charge < -0.3 is 15.0 Å². The van der Waals surface area contributed by atoms with Gasteiger partial charge in [0, 0.05) is 7.11 Å². The Hall–Kier alpha value is -1.10. The molecule has 2 amide bonds. The number of rotatable bonds is 3. The van der Waals surface area contributed by atoms with E-state index in [4.69, 9.17) is 4.74 Å². The summed E-state index contributed by atoms with van der Waals surface area (Å²) in [5.74, 6) is -0.128. The molecule has 0 aliphatic carbocycles. The summed E-state index contributed by atoms with van der Waals surface area (Å²) < 4.78 is 5.08. The maximum Gasteiger partial charge on any atom is 0.246 e. The van der Waals surface area contributed by atoms with Crippen LogP contribution in [-0.4, -0.2) is 48.6 Å². The van der Waals surface area contributed by atoms with Crippen molar-refractivity contribution in [2.45, 2.75) is 52.7 Å². The number of nitrogens with zero attached hydrogens (tertiary/aromatic N) is 1. The largest absolute Gasteiger partial charge is 0.383 e. The molecule has 1 aliphatic heterocycles. The van der Waals surface area contributed by atoms with Crippen molar-refractivity contribution in [2.75, 3.05) is 13.7 Å². The van der Waals surface area contributed by atoms with Crippen molar-refractivity contribution < 1.29 is 14.3 Å². The first-order valence-electron chi connectivity index (χ1n) is 6.31. The molecule has 1 heterocycles. The summed E-state index contributed by atoms with van der Waals surface area (Å²) in [4.78, 5) is 26.1. The molecule has 0 aromatic carbocycles. The molecule has 1 fully saturated rings. The molecule has 0 aromatic heterocycles. The van der Waals surface area contributed by atoms with E-state index in [2.05, 4.69) is 5.32 Å². The van der Waals surface area contributed by atoms with Crippen LogP contribution in [0.5, 0.6) is 0 Å². The Bertz CT molecular complexity index is 336. The Balaban J connectivity index is 2.99. The number of ether oxygens (including phenoxy) is 1. The molecule has 0 bridgehead atoms. The highest BCUT2D eigenvalue weighted by molar-refractivity contribution is 5.97. The van der Waals surface area contributed by atoms with Gasteiger partial charge in [0.15, 0.2) is 0 Å². The van der Waals surface area contributed by atoms with Crippen molar-refractivity contribution in [1.29, 1.82) is 0 Å². The second-order valence-electron chi connectivity index (χ2n) is 6.03. The van der Waals surface area contributed by atoms with E-state index in [0.717, 1.165) is 0 Å². The quantitative estimate of drug-likeness (QED) is 0.812. The summed E-state index contributed by atoms with van der Waals surface area (Å²) in [5, 5.41) is 2.81. The minimum atomic E-state index is -0.472. The van der Waals surface area contributed by atoms with Gasteiger partial charge in [-0.15, -0.1) is 0 Å². The third-order valence-corrected chi connectivity index (χ3v) is 3.33. The summed E-state index contributed by atoms with van der Waals surface area (Å²) in [6.07, 6.45) is 0. The summed E-state index contributed by atoms with van der Waals surface area (Å²) >= 11 is 0. The highest BCUT2D eigenvalue weighted by Crippen LogP contribution is 2.26. The minimum absolute atomic E-state index is 0.0286. The third-order valence-electron chi connectivity index (χ3n) is 3.33. The lowest BCUT2D eigenvalue weighted by molar-refractivity contribution is -0.155. The maximum atomic E-state index is 12.5. The zero-order valence-electron chi connectivity index (χ0n) is 12.1. The highest BCUT2D eigenvalue weighted by Gasteiger charge is 2.44. The zero-order valence-corrected chi connectivity index (χ0v) is 12.1. The SMILES string of the molecule is COCC(C)N1C(=O)C(C(C)(C)C)NC(=O)C1C. The van der Waals surface area contributed by atoms with Crippen LogP contribution in [0.3, 0.4) is 0 Å². The Labute approximate surface area is 109 Å². The van der Waals surface area contributed by atoms with Crippen LogP contribution in [0.25, 0.3) is 0 Å². The fourth-order valence-electron chi connectivity index (χ4n) is 2.30. The van der Waals surface area contributed by atoms with Crippen LogP contribution in [0.1, 0.15) is 34.6 Å². The molecule has 5 heteroatoms. The first-order chi connectivity index (χ1) is 8.20. The molecule has 104 valence electrons. The van der Waals surface area contributed by atoms with Crippen molar-refractivity contribution in [2.24, 2.45) is 5.41 Å². The minimum Gasteiger partial charge on any atom is -0.383 e. The molecule has 1 rings (SSSR count). The smallest absolute Gasteiger partial charge is 0.246 e. The standard InChI is InChI=1S/C13H24N2O3/c1-8(7-18-6)15-9(2)11(16)14-10(12(15)17)13(3,4)5/h8-10H,7H2,1-6H3,(H,14,16). The lowest BCUT2D eigenvalue weighted by Gasteiger charge is -2.44. The van der Waals surface area contributed by atoms with Crippen LogP contribution in [0, 0.1) is 5.41 Å². The molecule has 18 heavy (non-hydrogen) atoms. The maximum absolute atomic E-state index is 12.5. The van der Waals surface area contributed by atoms with Crippen molar-refractivity contribution in [3.8, 4) is 0 Å². The van der Waals surface area contributed by atoms with Gasteiger partial charge in [-0.3, -0.25) is 9.59 Å². The number of amides is 2. The van der Waals surface area contributed by atoms with E-state index in [1.165, 1.54) is 0 Å². The third kappa shape index (κ3) is 2.83. The van der Waals surface area contributed by atoms with E-state index in [-0.39, 0.29) is 23.3 Å². The molecule has 1 saturated heterocycles. The second kappa shape index (κ2) is 5.26. The zero-order chi connectivity index (χ0) is 14.1. The number of carbonyl (C=O) groups is 2. The predicted molar refractivity (Wildman–Crippen MR) is 69.0 cm³/mol. The Morgan fingerprint density at radius 3 is 2.39 bits per heavy atom. The van der Waals surface area contributed by atoms with E-state index >= 15 is 0 Å². The van der Waals surface area contributed by atoms with Gasteiger partial charge >= 0.3 is 0 Å². The average Bonchev–Trinajstić information content (AvgIpc) is 2.22. The fraction of sp³-hybridized carbons (Fsp3) is 0.846. The number of hydrogen-bond donors (Lipinski definition) is 1. The molecule has 5 nitrogen and oxygen atoms in total. The van der Waals surface area contributed by atoms with Gasteiger partial charge in [-0.25, -0.2) is 0 Å². The van der Waals surface area contributed by atoms with E-state index in [1.807, 2.05) is 27.7 Å². The van der Waals surface area contributed by atoms with Crippen LogP contribution in [-0.2, 0) is 14.3 Å². The van der Waals surface area contributed by atoms with Gasteiger partial charge in [0.25, 0.3) is 0 Å². The van der Waals surface area contributed by atoms with E-state index in [9.17, 15) is 9.59 Å². The number of carbonyl (C=O) groups excluding carboxylic acids is 2. The molecule has 0 spiro atoms. The second-order valence-corrected chi connectivity index (χ2v) is 6.03. The van der Waals surface area contributed by atoms with Crippen LogP contribution >= 0.6 is 0 Å². The first kappa shape index (κ1) is 15.0. The number of piperazine rings is 1. The molecule has 3 atom stereocenters. The summed E-state index contributed by atoms with van der Waals surface area (Å²) in [5.41, 5.74) is -0.294. The molecule has 0 saturated carbocycles. The normalized spacial score (nSPS) is 27.1. The molecule has 1 N–H and O–H groups in total. The van der Waals surface area contributed by atoms with E-state index in [0.29, 0.717) is 6.61 Å². The lowest BCUT2D eigenvalue weighted by Crippen LogP contribution is -2.67. The first-order valence-corrected chi connectivity index (χ1v) is 6.31. The Morgan fingerprint density at radius 1 is 1.39 bits per heavy atom. The van der Waals surface area contributed by atoms with Gasteiger partial charge in [-0.05, 0) is 19.3 Å². The van der Waals surface area contributed by atoms with E-state index in [1.54, 1.807) is 18.9 Å². The van der Waals surface area contributed by atoms with Crippen molar-refractivity contribution in [3.63, 3.8) is 0 Å². The molecular formula is C13H24N2O3. The lowest BCUT2D eigenvalue weighted by atomic mass is 9.83. The van der Waals surface area contributed by atoms with Gasteiger partial charge in [0.2, 0.25) is 11.8 Å². The van der Waals surface area contributed by atoms with Crippen molar-refractivity contribution in [1.82, 2.24) is 10.2 Å². The predicted octanol–water partition coefficient (Wildman–Crippen LogP) is 0.783. The fourth-order valence-corrected chi connectivity index (χ4v) is 2.30. The number of nitrogens with one attached hydrogen (secondary N) is 1. The van der Waals surface area contributed by atoms with Crippen LogP contribution in [0.15, 0.2) is 0 Å². The molecule has 1 aliphatic rings. The summed E-state index contributed by atoms with van der Waals surface area (Å²) in [7, 11) is 1.59. The van der Waals surface area contributed by atoms with Crippen LogP contribution < -0.4 is 5.32 Å². The molecule has 0 radical (unpaired) electrons. The van der Waals surface area contributed by atoms with Crippen LogP contribution in [0.2, 0.25) is 0 Å². The summed E-state index contributed by atoms with van der Waals surface area (Å²) in [6, 6.07) is -1.02. The van der Waals surface area contributed by atoms with Gasteiger partial charge in [-0.2, -0.15) is 0 Å². The topological polar surface area (TPSA) is 58.6 Å². The van der Waals surface area contributed by atoms with Crippen molar-refractivity contribution >= 4 is 11.8 Å². The Morgan fingerprint density at radius 2 is 1.94 bits per heavy atom. The molecule has 3 unspecified atom stereocenters. The number of methoxy groups -OCH3 is 1. The Kier molecular flexibility index (Phi) is 4.37.